The summed E-state index contributed by atoms with van der Waals surface area (Å²) in [4.78, 5) is -0.654. The molecule has 0 aliphatic carbocycles. The highest BCUT2D eigenvalue weighted by Crippen LogP contribution is 2.40. The molecule has 1 atom stereocenters. The molecule has 0 spiro atoms. The lowest BCUT2D eigenvalue weighted by atomic mass is 10.0. The Morgan fingerprint density at radius 3 is 2.38 bits per heavy atom. The molecule has 21 heavy (non-hydrogen) atoms. The van der Waals surface area contributed by atoms with E-state index in [2.05, 4.69) is 15.9 Å². The molecule has 2 nitrogen and oxygen atoms in total. The third-order valence-corrected chi connectivity index (χ3v) is 4.24. The maximum Gasteiger partial charge on any atom is 0.133 e. The van der Waals surface area contributed by atoms with Crippen LogP contribution >= 0.6 is 15.9 Å². The molecule has 0 saturated carbocycles. The summed E-state index contributed by atoms with van der Waals surface area (Å²) in [5.41, 5.74) is 0.989. The quantitative estimate of drug-likeness (QED) is 0.734. The van der Waals surface area contributed by atoms with Crippen molar-refractivity contribution in [1.82, 2.24) is 0 Å². The second-order valence-corrected chi connectivity index (χ2v) is 5.48. The normalized spacial score (nSPS) is 12.1. The molecule has 2 aromatic carbocycles. The van der Waals surface area contributed by atoms with Crippen molar-refractivity contribution in [1.29, 1.82) is 0 Å². The van der Waals surface area contributed by atoms with Gasteiger partial charge in [-0.15, -0.1) is 0 Å². The first-order chi connectivity index (χ1) is 9.99. The zero-order chi connectivity index (χ0) is 15.6. The molecule has 0 saturated heterocycles. The molecule has 2 rings (SSSR count). The Kier molecular flexibility index (Phi) is 4.83. The lowest BCUT2D eigenvalue weighted by molar-refractivity contribution is 0.391. The third-order valence-electron chi connectivity index (χ3n) is 3.29. The van der Waals surface area contributed by atoms with E-state index in [0.29, 0.717) is 22.6 Å². The van der Waals surface area contributed by atoms with Crippen LogP contribution in [0.4, 0.5) is 8.78 Å². The number of alkyl halides is 1. The summed E-state index contributed by atoms with van der Waals surface area (Å²) in [5, 5.41) is 0. The largest absolute Gasteiger partial charge is 0.497 e. The number of rotatable bonds is 4. The number of methoxy groups -OCH3 is 2. The number of ether oxygens (including phenoxy) is 2. The minimum absolute atomic E-state index is 0.0292. The van der Waals surface area contributed by atoms with Crippen molar-refractivity contribution in [3.8, 4) is 11.5 Å². The van der Waals surface area contributed by atoms with Crippen LogP contribution in [0, 0.1) is 18.6 Å². The van der Waals surface area contributed by atoms with E-state index in [1.54, 1.807) is 32.2 Å². The summed E-state index contributed by atoms with van der Waals surface area (Å²) in [7, 11) is 3.04. The van der Waals surface area contributed by atoms with Gasteiger partial charge in [-0.3, -0.25) is 0 Å². The van der Waals surface area contributed by atoms with E-state index in [4.69, 9.17) is 9.47 Å². The maximum atomic E-state index is 14.2. The van der Waals surface area contributed by atoms with Crippen molar-refractivity contribution in [2.45, 2.75) is 11.8 Å². The Hall–Kier alpha value is -1.62. The van der Waals surface area contributed by atoms with E-state index >= 15 is 0 Å². The molecule has 0 aromatic heterocycles. The number of hydrogen-bond donors (Lipinski definition) is 0. The average molecular weight is 357 g/mol. The predicted octanol–water partition coefficient (Wildman–Crippen LogP) is 4.77. The standard InChI is InChI=1S/C16H15BrF2O2/c1-9-4-7-12(18)14(16(9)19)15(17)11-6-5-10(20-2)8-13(11)21-3/h4-8,15H,1-3H3. The van der Waals surface area contributed by atoms with E-state index < -0.39 is 16.5 Å². The van der Waals surface area contributed by atoms with Gasteiger partial charge in [0.2, 0.25) is 0 Å². The summed E-state index contributed by atoms with van der Waals surface area (Å²) in [5.74, 6) is -0.0513. The van der Waals surface area contributed by atoms with Gasteiger partial charge >= 0.3 is 0 Å². The zero-order valence-corrected chi connectivity index (χ0v) is 13.5. The maximum absolute atomic E-state index is 14.2. The van der Waals surface area contributed by atoms with Crippen LogP contribution in [0.1, 0.15) is 21.5 Å². The second-order valence-electron chi connectivity index (χ2n) is 4.56. The lowest BCUT2D eigenvalue weighted by Gasteiger charge is -2.17. The van der Waals surface area contributed by atoms with Gasteiger partial charge in [-0.05, 0) is 24.6 Å². The Balaban J connectivity index is 2.55. The highest BCUT2D eigenvalue weighted by atomic mass is 79.9. The molecule has 1 unspecified atom stereocenters. The second kappa shape index (κ2) is 6.43. The summed E-state index contributed by atoms with van der Waals surface area (Å²) in [6.45, 7) is 1.60. The predicted molar refractivity (Wildman–Crippen MR) is 81.4 cm³/mol. The lowest BCUT2D eigenvalue weighted by Crippen LogP contribution is -2.04. The number of hydrogen-bond acceptors (Lipinski definition) is 2. The number of benzene rings is 2. The van der Waals surface area contributed by atoms with Crippen molar-refractivity contribution < 1.29 is 18.3 Å². The van der Waals surface area contributed by atoms with E-state index in [0.717, 1.165) is 0 Å². The molecule has 0 bridgehead atoms. The van der Waals surface area contributed by atoms with Crippen LogP contribution in [0.25, 0.3) is 0 Å². The van der Waals surface area contributed by atoms with Gasteiger partial charge in [0, 0.05) is 17.2 Å². The molecule has 0 N–H and O–H groups in total. The Morgan fingerprint density at radius 2 is 1.76 bits per heavy atom. The molecule has 0 heterocycles. The molecule has 0 aliphatic rings. The smallest absolute Gasteiger partial charge is 0.133 e. The monoisotopic (exact) mass is 356 g/mol. The van der Waals surface area contributed by atoms with E-state index in [1.807, 2.05) is 0 Å². The molecule has 2 aromatic rings. The van der Waals surface area contributed by atoms with Crippen molar-refractivity contribution in [3.05, 3.63) is 58.7 Å². The highest BCUT2D eigenvalue weighted by Gasteiger charge is 2.23. The van der Waals surface area contributed by atoms with Crippen molar-refractivity contribution in [2.24, 2.45) is 0 Å². The van der Waals surface area contributed by atoms with Crippen LogP contribution in [-0.2, 0) is 0 Å². The average Bonchev–Trinajstić information content (AvgIpc) is 2.50. The van der Waals surface area contributed by atoms with Crippen molar-refractivity contribution in [3.63, 3.8) is 0 Å². The summed E-state index contributed by atoms with van der Waals surface area (Å²) in [6, 6.07) is 7.79. The summed E-state index contributed by atoms with van der Waals surface area (Å²) < 4.78 is 38.7. The zero-order valence-electron chi connectivity index (χ0n) is 11.9. The van der Waals surface area contributed by atoms with E-state index in [-0.39, 0.29) is 5.56 Å². The fourth-order valence-electron chi connectivity index (χ4n) is 2.09. The number of aryl methyl sites for hydroxylation is 1. The van der Waals surface area contributed by atoms with Gasteiger partial charge in [0.15, 0.2) is 0 Å². The van der Waals surface area contributed by atoms with Crippen LogP contribution in [0.2, 0.25) is 0 Å². The molecule has 0 amide bonds. The van der Waals surface area contributed by atoms with Crippen molar-refractivity contribution >= 4 is 15.9 Å². The minimum Gasteiger partial charge on any atom is -0.497 e. The number of halogens is 3. The van der Waals surface area contributed by atoms with Crippen LogP contribution in [0.3, 0.4) is 0 Å². The van der Waals surface area contributed by atoms with Gasteiger partial charge in [-0.1, -0.05) is 28.1 Å². The van der Waals surface area contributed by atoms with Gasteiger partial charge < -0.3 is 9.47 Å². The molecule has 112 valence electrons. The van der Waals surface area contributed by atoms with Gasteiger partial charge in [-0.25, -0.2) is 8.78 Å². The topological polar surface area (TPSA) is 18.5 Å². The van der Waals surface area contributed by atoms with Crippen molar-refractivity contribution in [2.75, 3.05) is 14.2 Å². The van der Waals surface area contributed by atoms with Crippen LogP contribution < -0.4 is 9.47 Å². The Morgan fingerprint density at radius 1 is 1.05 bits per heavy atom. The highest BCUT2D eigenvalue weighted by molar-refractivity contribution is 9.09. The molecule has 0 aliphatic heterocycles. The van der Waals surface area contributed by atoms with Gasteiger partial charge in [0.05, 0.1) is 19.0 Å². The summed E-state index contributed by atoms with van der Waals surface area (Å²) >= 11 is 3.37. The van der Waals surface area contributed by atoms with Gasteiger partial charge in [0.25, 0.3) is 0 Å². The van der Waals surface area contributed by atoms with Gasteiger partial charge in [-0.2, -0.15) is 0 Å². The van der Waals surface area contributed by atoms with E-state index in [1.165, 1.54) is 19.2 Å². The first kappa shape index (κ1) is 15.8. The SMILES string of the molecule is COc1ccc(C(Br)c2c(F)ccc(C)c2F)c(OC)c1. The van der Waals surface area contributed by atoms with Gasteiger partial charge in [0.1, 0.15) is 23.1 Å². The summed E-state index contributed by atoms with van der Waals surface area (Å²) in [6.07, 6.45) is 0. The fourth-order valence-corrected chi connectivity index (χ4v) is 2.89. The van der Waals surface area contributed by atoms with Crippen LogP contribution in [0.5, 0.6) is 11.5 Å². The molecular weight excluding hydrogens is 342 g/mol. The first-order valence-electron chi connectivity index (χ1n) is 6.30. The van der Waals surface area contributed by atoms with E-state index in [9.17, 15) is 8.78 Å². The van der Waals surface area contributed by atoms with Crippen LogP contribution in [-0.4, -0.2) is 14.2 Å². The Labute approximate surface area is 130 Å². The molecular formula is C16H15BrF2O2. The molecule has 0 radical (unpaired) electrons. The first-order valence-corrected chi connectivity index (χ1v) is 7.21. The molecule has 0 fully saturated rings. The fraction of sp³-hybridized carbons (Fsp3) is 0.250. The minimum atomic E-state index is -0.654. The molecule has 5 heteroatoms. The third kappa shape index (κ3) is 3.02. The van der Waals surface area contributed by atoms with Crippen LogP contribution in [0.15, 0.2) is 30.3 Å². The Bertz CT molecular complexity index is 659.